The van der Waals surface area contributed by atoms with Crippen molar-refractivity contribution in [2.75, 3.05) is 13.9 Å². The van der Waals surface area contributed by atoms with Crippen LogP contribution in [0.4, 0.5) is 0 Å². The molecular formula is C30H30ClNO6. The number of hydrogen-bond acceptors (Lipinski definition) is 7. The maximum atomic E-state index is 13.9. The largest absolute Gasteiger partial charge is 0.497 e. The number of carbonyl (C=O) groups excluding carboxylic acids is 2. The van der Waals surface area contributed by atoms with Crippen LogP contribution in [0.5, 0.6) is 17.2 Å². The Labute approximate surface area is 226 Å². The molecule has 0 unspecified atom stereocenters. The van der Waals surface area contributed by atoms with Gasteiger partial charge in [-0.25, -0.2) is 4.79 Å². The summed E-state index contributed by atoms with van der Waals surface area (Å²) in [6.45, 7) is 1.97. The van der Waals surface area contributed by atoms with Crippen molar-refractivity contribution in [3.8, 4) is 17.2 Å². The Hall–Kier alpha value is -3.45. The molecule has 1 fully saturated rings. The Balaban J connectivity index is 1.41. The molecule has 2 aliphatic carbocycles. The number of esters is 1. The van der Waals surface area contributed by atoms with Crippen LogP contribution in [0, 0.1) is 0 Å². The molecule has 0 spiro atoms. The third-order valence-corrected chi connectivity index (χ3v) is 8.34. The van der Waals surface area contributed by atoms with Crippen LogP contribution in [-0.4, -0.2) is 31.8 Å². The van der Waals surface area contributed by atoms with E-state index in [9.17, 15) is 9.59 Å². The standard InChI is InChI=1S/C30H30ClNO6/c1-16-27(30(34)38-20-5-3-4-6-20)28(21-13-25-26(14-22(21)31)37-15-36-25)29-23(32-16)11-18(12-24(29)33)17-7-9-19(35-2)10-8-17/h7-10,13-14,18,20,28,32H,3-6,11-12,15H2,1-2H3/t18-,28-/m1/s1. The Bertz CT molecular complexity index is 1360. The molecule has 8 heteroatoms. The van der Waals surface area contributed by atoms with E-state index in [1.165, 1.54) is 0 Å². The molecule has 0 bridgehead atoms. The van der Waals surface area contributed by atoms with Gasteiger partial charge in [0.2, 0.25) is 6.79 Å². The first kappa shape index (κ1) is 24.9. The summed E-state index contributed by atoms with van der Waals surface area (Å²) in [7, 11) is 1.63. The second-order valence-electron chi connectivity index (χ2n) is 10.3. The molecule has 38 heavy (non-hydrogen) atoms. The zero-order valence-electron chi connectivity index (χ0n) is 21.5. The number of halogens is 1. The van der Waals surface area contributed by atoms with Crippen LogP contribution in [0.3, 0.4) is 0 Å². The van der Waals surface area contributed by atoms with Crippen molar-refractivity contribution in [2.45, 2.75) is 63.4 Å². The molecule has 0 radical (unpaired) electrons. The van der Waals surface area contributed by atoms with Crippen molar-refractivity contribution < 1.29 is 28.5 Å². The maximum absolute atomic E-state index is 13.9. The number of dihydropyridines is 1. The third-order valence-electron chi connectivity index (χ3n) is 8.01. The molecular weight excluding hydrogens is 506 g/mol. The zero-order chi connectivity index (χ0) is 26.4. The smallest absolute Gasteiger partial charge is 0.337 e. The van der Waals surface area contributed by atoms with E-state index in [1.54, 1.807) is 19.2 Å². The SMILES string of the molecule is COc1ccc([C@H]2CC(=O)C3=C(C2)NC(C)=C(C(=O)OC2CCCC2)[C@H]3c2cc3c(cc2Cl)OCO3)cc1. The van der Waals surface area contributed by atoms with Crippen LogP contribution >= 0.6 is 11.6 Å². The van der Waals surface area contributed by atoms with Crippen LogP contribution in [0.1, 0.15) is 68.4 Å². The average Bonchev–Trinajstić information content (AvgIpc) is 3.59. The second kappa shape index (κ2) is 10.0. The van der Waals surface area contributed by atoms with Gasteiger partial charge in [0.1, 0.15) is 11.9 Å². The van der Waals surface area contributed by atoms with Gasteiger partial charge in [0.25, 0.3) is 0 Å². The van der Waals surface area contributed by atoms with Gasteiger partial charge in [0.05, 0.1) is 12.7 Å². The van der Waals surface area contributed by atoms with Gasteiger partial charge in [0, 0.05) is 40.4 Å². The van der Waals surface area contributed by atoms with Gasteiger partial charge in [-0.05, 0) is 74.3 Å². The molecule has 0 aromatic heterocycles. The highest BCUT2D eigenvalue weighted by atomic mass is 35.5. The molecule has 198 valence electrons. The monoisotopic (exact) mass is 535 g/mol. The lowest BCUT2D eigenvalue weighted by Crippen LogP contribution is -2.36. The van der Waals surface area contributed by atoms with E-state index in [4.69, 9.17) is 30.5 Å². The summed E-state index contributed by atoms with van der Waals surface area (Å²) in [6, 6.07) is 11.3. The number of ketones is 1. The van der Waals surface area contributed by atoms with Crippen molar-refractivity contribution in [1.82, 2.24) is 5.32 Å². The van der Waals surface area contributed by atoms with Gasteiger partial charge in [-0.3, -0.25) is 4.79 Å². The number of fused-ring (bicyclic) bond motifs is 1. The van der Waals surface area contributed by atoms with E-state index in [0.717, 1.165) is 42.7 Å². The minimum atomic E-state index is -0.661. The third kappa shape index (κ3) is 4.43. The molecule has 1 saturated carbocycles. The van der Waals surface area contributed by atoms with Gasteiger partial charge < -0.3 is 24.3 Å². The number of methoxy groups -OCH3 is 1. The van der Waals surface area contributed by atoms with Gasteiger partial charge in [0.15, 0.2) is 17.3 Å². The Morgan fingerprint density at radius 3 is 2.47 bits per heavy atom. The Morgan fingerprint density at radius 1 is 1.05 bits per heavy atom. The Kier molecular flexibility index (Phi) is 6.56. The van der Waals surface area contributed by atoms with Crippen molar-refractivity contribution in [3.63, 3.8) is 0 Å². The number of nitrogens with one attached hydrogen (secondary N) is 1. The van der Waals surface area contributed by atoms with Gasteiger partial charge >= 0.3 is 5.97 Å². The molecule has 6 rings (SSSR count). The highest BCUT2D eigenvalue weighted by Gasteiger charge is 2.43. The van der Waals surface area contributed by atoms with Gasteiger partial charge in [-0.2, -0.15) is 0 Å². The van der Waals surface area contributed by atoms with Crippen molar-refractivity contribution in [1.29, 1.82) is 0 Å². The molecule has 1 N–H and O–H groups in total. The van der Waals surface area contributed by atoms with Crippen LogP contribution < -0.4 is 19.5 Å². The molecule has 2 atom stereocenters. The molecule has 2 aromatic carbocycles. The summed E-state index contributed by atoms with van der Waals surface area (Å²) in [4.78, 5) is 27.5. The number of hydrogen-bond donors (Lipinski definition) is 1. The lowest BCUT2D eigenvalue weighted by Gasteiger charge is -2.37. The van der Waals surface area contributed by atoms with Gasteiger partial charge in [-0.15, -0.1) is 0 Å². The van der Waals surface area contributed by atoms with Crippen LogP contribution in [-0.2, 0) is 14.3 Å². The summed E-state index contributed by atoms with van der Waals surface area (Å²) in [6.07, 6.45) is 4.67. The van der Waals surface area contributed by atoms with E-state index >= 15 is 0 Å². The zero-order valence-corrected chi connectivity index (χ0v) is 22.2. The summed E-state index contributed by atoms with van der Waals surface area (Å²) in [5.74, 6) is 0.791. The molecule has 0 amide bonds. The van der Waals surface area contributed by atoms with Crippen molar-refractivity contribution >= 4 is 23.4 Å². The summed E-state index contributed by atoms with van der Waals surface area (Å²) in [5, 5.41) is 3.83. The first-order valence-electron chi connectivity index (χ1n) is 13.1. The van der Waals surface area contributed by atoms with E-state index in [2.05, 4.69) is 5.32 Å². The van der Waals surface area contributed by atoms with Gasteiger partial charge in [-0.1, -0.05) is 23.7 Å². The summed E-state index contributed by atoms with van der Waals surface area (Å²) < 4.78 is 22.4. The highest BCUT2D eigenvalue weighted by molar-refractivity contribution is 6.32. The fourth-order valence-corrected chi connectivity index (χ4v) is 6.37. The second-order valence-corrected chi connectivity index (χ2v) is 10.7. The number of benzene rings is 2. The molecule has 2 heterocycles. The minimum absolute atomic E-state index is 0.00678. The lowest BCUT2D eigenvalue weighted by molar-refractivity contribution is -0.144. The number of carbonyl (C=O) groups is 2. The Morgan fingerprint density at radius 2 is 1.76 bits per heavy atom. The van der Waals surface area contributed by atoms with E-state index < -0.39 is 11.9 Å². The number of rotatable bonds is 5. The fourth-order valence-electron chi connectivity index (χ4n) is 6.11. The number of Topliss-reactive ketones (excluding diaryl/α,β-unsaturated/α-hetero) is 1. The van der Waals surface area contributed by atoms with Crippen LogP contribution in [0.15, 0.2) is 58.9 Å². The summed E-state index contributed by atoms with van der Waals surface area (Å²) in [5.41, 5.74) is 4.19. The van der Waals surface area contributed by atoms with E-state index in [1.807, 2.05) is 31.2 Å². The highest BCUT2D eigenvalue weighted by Crippen LogP contribution is 2.50. The minimum Gasteiger partial charge on any atom is -0.497 e. The molecule has 0 saturated heterocycles. The summed E-state index contributed by atoms with van der Waals surface area (Å²) >= 11 is 6.78. The van der Waals surface area contributed by atoms with E-state index in [-0.39, 0.29) is 24.6 Å². The quantitative estimate of drug-likeness (QED) is 0.475. The molecule has 2 aromatic rings. The number of ether oxygens (including phenoxy) is 4. The first-order chi connectivity index (χ1) is 18.4. The molecule has 4 aliphatic rings. The average molecular weight is 536 g/mol. The predicted octanol–water partition coefficient (Wildman–Crippen LogP) is 5.92. The fraction of sp³-hybridized carbons (Fsp3) is 0.400. The van der Waals surface area contributed by atoms with Crippen LogP contribution in [0.2, 0.25) is 5.02 Å². The number of allylic oxidation sites excluding steroid dienone is 3. The molecule has 2 aliphatic heterocycles. The topological polar surface area (TPSA) is 83.1 Å². The van der Waals surface area contributed by atoms with Crippen molar-refractivity contribution in [2.24, 2.45) is 0 Å². The first-order valence-corrected chi connectivity index (χ1v) is 13.5. The predicted molar refractivity (Wildman–Crippen MR) is 142 cm³/mol. The van der Waals surface area contributed by atoms with Crippen molar-refractivity contribution in [3.05, 3.63) is 75.1 Å². The normalized spacial score (nSPS) is 22.9. The molecule has 7 nitrogen and oxygen atoms in total. The van der Waals surface area contributed by atoms with E-state index in [0.29, 0.717) is 51.8 Å². The maximum Gasteiger partial charge on any atom is 0.337 e. The lowest BCUT2D eigenvalue weighted by atomic mass is 9.71. The van der Waals surface area contributed by atoms with Crippen LogP contribution in [0.25, 0.3) is 0 Å².